The van der Waals surface area contributed by atoms with E-state index in [1.54, 1.807) is 12.1 Å². The summed E-state index contributed by atoms with van der Waals surface area (Å²) in [7, 11) is 0. The van der Waals surface area contributed by atoms with E-state index in [4.69, 9.17) is 10.5 Å². The van der Waals surface area contributed by atoms with Crippen molar-refractivity contribution in [2.24, 2.45) is 11.7 Å². The molecule has 0 amide bonds. The normalized spacial score (nSPS) is 13.4. The highest BCUT2D eigenvalue weighted by atomic mass is 19.4. The van der Waals surface area contributed by atoms with Crippen LogP contribution in [0.1, 0.15) is 18.1 Å². The zero-order valence-electron chi connectivity index (χ0n) is 10.6. The van der Waals surface area contributed by atoms with Crippen LogP contribution in [-0.4, -0.2) is 19.3 Å². The summed E-state index contributed by atoms with van der Waals surface area (Å²) in [5.41, 5.74) is 7.08. The van der Waals surface area contributed by atoms with Crippen LogP contribution in [0.15, 0.2) is 18.2 Å². The first kappa shape index (κ1) is 14.8. The molecule has 18 heavy (non-hydrogen) atoms. The van der Waals surface area contributed by atoms with Gasteiger partial charge < -0.3 is 10.5 Å². The second-order valence-corrected chi connectivity index (χ2v) is 4.19. The van der Waals surface area contributed by atoms with Gasteiger partial charge in [0.25, 0.3) is 0 Å². The first-order chi connectivity index (χ1) is 8.40. The summed E-state index contributed by atoms with van der Waals surface area (Å²) in [6.07, 6.45) is -3.59. The molecule has 5 heteroatoms. The average molecular weight is 261 g/mol. The van der Waals surface area contributed by atoms with Gasteiger partial charge in [0.15, 0.2) is 0 Å². The summed E-state index contributed by atoms with van der Waals surface area (Å²) in [6, 6.07) is 5.38. The topological polar surface area (TPSA) is 35.2 Å². The van der Waals surface area contributed by atoms with Gasteiger partial charge in [-0.1, -0.05) is 19.1 Å². The SMILES string of the molecule is CCc1c(C)cccc1OCC(CN)C(F)(F)F. The van der Waals surface area contributed by atoms with Gasteiger partial charge in [-0.15, -0.1) is 0 Å². The Labute approximate surface area is 105 Å². The molecule has 0 saturated carbocycles. The van der Waals surface area contributed by atoms with E-state index in [2.05, 4.69) is 0 Å². The maximum Gasteiger partial charge on any atom is 0.396 e. The molecule has 0 aliphatic rings. The van der Waals surface area contributed by atoms with Crippen LogP contribution < -0.4 is 10.5 Å². The van der Waals surface area contributed by atoms with Gasteiger partial charge in [0.1, 0.15) is 18.3 Å². The summed E-state index contributed by atoms with van der Waals surface area (Å²) in [5, 5.41) is 0. The van der Waals surface area contributed by atoms with E-state index < -0.39 is 25.2 Å². The number of alkyl halides is 3. The second kappa shape index (κ2) is 6.09. The third-order valence-corrected chi connectivity index (χ3v) is 2.91. The fraction of sp³-hybridized carbons (Fsp3) is 0.538. The van der Waals surface area contributed by atoms with Crippen molar-refractivity contribution in [1.29, 1.82) is 0 Å². The fourth-order valence-electron chi connectivity index (χ4n) is 1.75. The van der Waals surface area contributed by atoms with Crippen molar-refractivity contribution in [3.8, 4) is 5.75 Å². The van der Waals surface area contributed by atoms with E-state index in [1.807, 2.05) is 19.9 Å². The van der Waals surface area contributed by atoms with E-state index in [-0.39, 0.29) is 0 Å². The molecule has 0 saturated heterocycles. The standard InChI is InChI=1S/C13H18F3NO/c1-3-11-9(2)5-4-6-12(11)18-8-10(7-17)13(14,15)16/h4-6,10H,3,7-8,17H2,1-2H3. The van der Waals surface area contributed by atoms with Crippen LogP contribution in [-0.2, 0) is 6.42 Å². The molecule has 1 unspecified atom stereocenters. The lowest BCUT2D eigenvalue weighted by atomic mass is 10.1. The Morgan fingerprint density at radius 2 is 2.00 bits per heavy atom. The first-order valence-corrected chi connectivity index (χ1v) is 5.88. The fourth-order valence-corrected chi connectivity index (χ4v) is 1.75. The molecule has 1 aromatic rings. The van der Waals surface area contributed by atoms with Crippen LogP contribution in [0, 0.1) is 12.8 Å². The number of ether oxygens (including phenoxy) is 1. The number of nitrogens with two attached hydrogens (primary N) is 1. The van der Waals surface area contributed by atoms with E-state index >= 15 is 0 Å². The van der Waals surface area contributed by atoms with E-state index in [1.165, 1.54) is 0 Å². The third-order valence-electron chi connectivity index (χ3n) is 2.91. The Bertz CT molecular complexity index is 390. The summed E-state index contributed by atoms with van der Waals surface area (Å²) >= 11 is 0. The van der Waals surface area contributed by atoms with Crippen LogP contribution in [0.2, 0.25) is 0 Å². The summed E-state index contributed by atoms with van der Waals surface area (Å²) in [5.74, 6) is -1.11. The molecular formula is C13H18F3NO. The van der Waals surface area contributed by atoms with Gasteiger partial charge in [0.05, 0.1) is 0 Å². The van der Waals surface area contributed by atoms with Gasteiger partial charge in [-0.05, 0) is 30.5 Å². The molecule has 0 aliphatic carbocycles. The molecule has 2 nitrogen and oxygen atoms in total. The maximum atomic E-state index is 12.5. The Balaban J connectivity index is 2.77. The van der Waals surface area contributed by atoms with Crippen molar-refractivity contribution in [1.82, 2.24) is 0 Å². The van der Waals surface area contributed by atoms with Gasteiger partial charge in [-0.3, -0.25) is 0 Å². The van der Waals surface area contributed by atoms with Crippen molar-refractivity contribution in [2.75, 3.05) is 13.2 Å². The molecule has 0 aliphatic heterocycles. The lowest BCUT2D eigenvalue weighted by molar-refractivity contribution is -0.178. The van der Waals surface area contributed by atoms with Crippen molar-refractivity contribution < 1.29 is 17.9 Å². The van der Waals surface area contributed by atoms with Gasteiger partial charge in [0, 0.05) is 6.54 Å². The number of halogens is 3. The molecule has 0 bridgehead atoms. The highest BCUT2D eigenvalue weighted by Crippen LogP contribution is 2.28. The van der Waals surface area contributed by atoms with Crippen molar-refractivity contribution >= 4 is 0 Å². The summed E-state index contributed by atoms with van der Waals surface area (Å²) < 4.78 is 42.9. The Kier molecular flexibility index (Phi) is 5.02. The van der Waals surface area contributed by atoms with E-state index in [9.17, 15) is 13.2 Å². The van der Waals surface area contributed by atoms with E-state index in [0.29, 0.717) is 5.75 Å². The lowest BCUT2D eigenvalue weighted by Gasteiger charge is -2.20. The van der Waals surface area contributed by atoms with Crippen LogP contribution in [0.5, 0.6) is 5.75 Å². The first-order valence-electron chi connectivity index (χ1n) is 5.88. The molecule has 0 spiro atoms. The quantitative estimate of drug-likeness (QED) is 0.884. The predicted octanol–water partition coefficient (Wildman–Crippen LogP) is 3.07. The van der Waals surface area contributed by atoms with Gasteiger partial charge in [0.2, 0.25) is 0 Å². The highest BCUT2D eigenvalue weighted by molar-refractivity contribution is 5.39. The third kappa shape index (κ3) is 3.63. The van der Waals surface area contributed by atoms with Crippen LogP contribution in [0.3, 0.4) is 0 Å². The van der Waals surface area contributed by atoms with Gasteiger partial charge in [-0.2, -0.15) is 13.2 Å². The largest absolute Gasteiger partial charge is 0.493 e. The minimum Gasteiger partial charge on any atom is -0.493 e. The number of aryl methyl sites for hydroxylation is 1. The molecule has 1 atom stereocenters. The monoisotopic (exact) mass is 261 g/mol. The zero-order valence-corrected chi connectivity index (χ0v) is 10.6. The highest BCUT2D eigenvalue weighted by Gasteiger charge is 2.39. The molecular weight excluding hydrogens is 243 g/mol. The number of benzene rings is 1. The number of hydrogen-bond acceptors (Lipinski definition) is 2. The molecule has 0 radical (unpaired) electrons. The van der Waals surface area contributed by atoms with Crippen molar-refractivity contribution in [3.05, 3.63) is 29.3 Å². The van der Waals surface area contributed by atoms with Crippen LogP contribution in [0.4, 0.5) is 13.2 Å². The summed E-state index contributed by atoms with van der Waals surface area (Å²) in [4.78, 5) is 0. The molecule has 2 N–H and O–H groups in total. The van der Waals surface area contributed by atoms with Crippen LogP contribution >= 0.6 is 0 Å². The van der Waals surface area contributed by atoms with Gasteiger partial charge in [-0.25, -0.2) is 0 Å². The number of hydrogen-bond donors (Lipinski definition) is 1. The molecule has 0 aromatic heterocycles. The molecule has 1 aromatic carbocycles. The van der Waals surface area contributed by atoms with Gasteiger partial charge >= 0.3 is 6.18 Å². The smallest absolute Gasteiger partial charge is 0.396 e. The average Bonchev–Trinajstić information content (AvgIpc) is 2.28. The second-order valence-electron chi connectivity index (χ2n) is 4.19. The maximum absolute atomic E-state index is 12.5. The van der Waals surface area contributed by atoms with Crippen molar-refractivity contribution in [3.63, 3.8) is 0 Å². The molecule has 1 rings (SSSR count). The minimum absolute atomic E-state index is 0.434. The predicted molar refractivity (Wildman–Crippen MR) is 64.7 cm³/mol. The van der Waals surface area contributed by atoms with Crippen molar-refractivity contribution in [2.45, 2.75) is 26.4 Å². The lowest BCUT2D eigenvalue weighted by Crippen LogP contribution is -2.35. The zero-order chi connectivity index (χ0) is 13.8. The Hall–Kier alpha value is -1.23. The van der Waals surface area contributed by atoms with Crippen LogP contribution in [0.25, 0.3) is 0 Å². The molecule has 0 heterocycles. The Morgan fingerprint density at radius 1 is 1.33 bits per heavy atom. The molecule has 0 fully saturated rings. The molecule has 102 valence electrons. The van der Waals surface area contributed by atoms with E-state index in [0.717, 1.165) is 17.5 Å². The Morgan fingerprint density at radius 3 is 2.50 bits per heavy atom. The number of rotatable bonds is 5. The summed E-state index contributed by atoms with van der Waals surface area (Å²) in [6.45, 7) is 2.96. The minimum atomic E-state index is -4.31.